The lowest BCUT2D eigenvalue weighted by Crippen LogP contribution is -2.48. The van der Waals surface area contributed by atoms with Crippen LogP contribution in [0.15, 0.2) is 42.5 Å². The number of aliphatic hydroxyl groups is 5. The SMILES string of the molecule is OCC(O)C(O)C(O)C(O)CNc1nc(Oc2ccc(F)cc2F)nc2[nH]nc(-c3ccccc3Cl)c12. The first-order chi connectivity index (χ1) is 17.7. The van der Waals surface area contributed by atoms with Crippen LogP contribution in [-0.2, 0) is 0 Å². The van der Waals surface area contributed by atoms with Crippen molar-refractivity contribution in [3.8, 4) is 23.0 Å². The lowest BCUT2D eigenvalue weighted by molar-refractivity contribution is -0.111. The molecule has 0 aliphatic carbocycles. The molecule has 4 aromatic rings. The van der Waals surface area contributed by atoms with Gasteiger partial charge in [-0.3, -0.25) is 5.10 Å². The zero-order valence-corrected chi connectivity index (χ0v) is 19.6. The van der Waals surface area contributed by atoms with Gasteiger partial charge in [-0.2, -0.15) is 15.1 Å². The molecule has 11 nitrogen and oxygen atoms in total. The Morgan fingerprint density at radius 1 is 1.00 bits per heavy atom. The first kappa shape index (κ1) is 26.6. The third-order valence-electron chi connectivity index (χ3n) is 5.43. The molecule has 0 saturated carbocycles. The Labute approximate surface area is 213 Å². The van der Waals surface area contributed by atoms with Crippen LogP contribution < -0.4 is 10.1 Å². The van der Waals surface area contributed by atoms with E-state index in [1.165, 1.54) is 0 Å². The number of hydrogen-bond acceptors (Lipinski definition) is 10. The van der Waals surface area contributed by atoms with E-state index in [0.717, 1.165) is 12.1 Å². The first-order valence-corrected chi connectivity index (χ1v) is 11.3. The number of H-pyrrole nitrogens is 1. The summed E-state index contributed by atoms with van der Waals surface area (Å²) in [5.74, 6) is -2.12. The van der Waals surface area contributed by atoms with E-state index < -0.39 is 49.2 Å². The molecule has 2 heterocycles. The average Bonchev–Trinajstić information content (AvgIpc) is 3.31. The van der Waals surface area contributed by atoms with E-state index in [1.807, 2.05) is 0 Å². The standard InChI is InChI=1S/C23H22ClF2N5O6/c24-12-4-2-1-3-11(12)18-17-21(27-8-14(33)19(35)20(36)15(34)9-32)28-23(29-22(17)31-30-18)37-16-6-5-10(25)7-13(16)26/h1-7,14-15,19-20,32-36H,8-9H2,(H2,27,28,29,30,31). The monoisotopic (exact) mass is 537 g/mol. The van der Waals surface area contributed by atoms with Crippen molar-refractivity contribution in [3.63, 3.8) is 0 Å². The highest BCUT2D eigenvalue weighted by molar-refractivity contribution is 6.33. The number of nitrogens with zero attached hydrogens (tertiary/aromatic N) is 3. The van der Waals surface area contributed by atoms with Gasteiger partial charge < -0.3 is 35.6 Å². The van der Waals surface area contributed by atoms with Gasteiger partial charge in [0.05, 0.1) is 23.1 Å². The van der Waals surface area contributed by atoms with Crippen molar-refractivity contribution in [1.29, 1.82) is 0 Å². The molecular formula is C23H22ClF2N5O6. The number of fused-ring (bicyclic) bond motifs is 1. The summed E-state index contributed by atoms with van der Waals surface area (Å²) in [5.41, 5.74) is 0.978. The average molecular weight is 538 g/mol. The van der Waals surface area contributed by atoms with E-state index in [-0.39, 0.29) is 23.2 Å². The number of anilines is 1. The van der Waals surface area contributed by atoms with Crippen LogP contribution in [0.2, 0.25) is 5.02 Å². The van der Waals surface area contributed by atoms with Crippen LogP contribution in [0.4, 0.5) is 14.6 Å². The molecule has 0 aliphatic heterocycles. The lowest BCUT2D eigenvalue weighted by atomic mass is 10.0. The van der Waals surface area contributed by atoms with E-state index in [9.17, 15) is 29.2 Å². The molecule has 14 heteroatoms. The van der Waals surface area contributed by atoms with E-state index in [2.05, 4.69) is 25.5 Å². The molecule has 0 radical (unpaired) electrons. The van der Waals surface area contributed by atoms with E-state index >= 15 is 0 Å². The molecule has 4 unspecified atom stereocenters. The molecule has 0 amide bonds. The molecule has 37 heavy (non-hydrogen) atoms. The summed E-state index contributed by atoms with van der Waals surface area (Å²) in [7, 11) is 0. The summed E-state index contributed by atoms with van der Waals surface area (Å²) >= 11 is 6.33. The van der Waals surface area contributed by atoms with Crippen LogP contribution in [0.5, 0.6) is 11.8 Å². The topological polar surface area (TPSA) is 177 Å². The summed E-state index contributed by atoms with van der Waals surface area (Å²) in [6.07, 6.45) is -6.97. The fraction of sp³-hybridized carbons (Fsp3) is 0.261. The second-order valence-electron chi connectivity index (χ2n) is 7.99. The van der Waals surface area contributed by atoms with E-state index in [4.69, 9.17) is 21.4 Å². The Balaban J connectivity index is 1.71. The fourth-order valence-corrected chi connectivity index (χ4v) is 3.70. The van der Waals surface area contributed by atoms with Crippen LogP contribution in [0, 0.1) is 11.6 Å². The maximum atomic E-state index is 14.1. The van der Waals surface area contributed by atoms with Crippen molar-refractivity contribution >= 4 is 28.5 Å². The van der Waals surface area contributed by atoms with Gasteiger partial charge in [0.25, 0.3) is 0 Å². The number of aromatic nitrogens is 4. The van der Waals surface area contributed by atoms with Crippen LogP contribution in [-0.4, -0.2) is 83.3 Å². The zero-order valence-electron chi connectivity index (χ0n) is 18.9. The summed E-state index contributed by atoms with van der Waals surface area (Å²) in [5, 5.41) is 59.3. The van der Waals surface area contributed by atoms with Crippen molar-refractivity contribution in [3.05, 3.63) is 59.1 Å². The highest BCUT2D eigenvalue weighted by Gasteiger charge is 2.30. The maximum Gasteiger partial charge on any atom is 0.326 e. The van der Waals surface area contributed by atoms with Gasteiger partial charge in [-0.1, -0.05) is 29.8 Å². The van der Waals surface area contributed by atoms with Gasteiger partial charge in [0, 0.05) is 18.2 Å². The molecular weight excluding hydrogens is 516 g/mol. The van der Waals surface area contributed by atoms with Gasteiger partial charge in [0.15, 0.2) is 17.2 Å². The Bertz CT molecular complexity index is 1390. The van der Waals surface area contributed by atoms with Crippen LogP contribution in [0.25, 0.3) is 22.3 Å². The largest absolute Gasteiger partial charge is 0.421 e. The summed E-state index contributed by atoms with van der Waals surface area (Å²) in [6.45, 7) is -1.23. The fourth-order valence-electron chi connectivity index (χ4n) is 3.47. The molecule has 0 saturated heterocycles. The molecule has 0 bridgehead atoms. The van der Waals surface area contributed by atoms with Gasteiger partial charge in [-0.25, -0.2) is 8.78 Å². The van der Waals surface area contributed by atoms with E-state index in [0.29, 0.717) is 27.7 Å². The Morgan fingerprint density at radius 3 is 2.43 bits per heavy atom. The second kappa shape index (κ2) is 11.3. The number of halogens is 3. The quantitative estimate of drug-likeness (QED) is 0.157. The second-order valence-corrected chi connectivity index (χ2v) is 8.39. The summed E-state index contributed by atoms with van der Waals surface area (Å²) < 4.78 is 32.8. The lowest BCUT2D eigenvalue weighted by Gasteiger charge is -2.26. The van der Waals surface area contributed by atoms with E-state index in [1.54, 1.807) is 24.3 Å². The van der Waals surface area contributed by atoms with Crippen LogP contribution in [0.3, 0.4) is 0 Å². The van der Waals surface area contributed by atoms with Crippen LogP contribution in [0.1, 0.15) is 0 Å². The third-order valence-corrected chi connectivity index (χ3v) is 5.76. The van der Waals surface area contributed by atoms with Gasteiger partial charge in [0.2, 0.25) is 0 Å². The van der Waals surface area contributed by atoms with Crippen molar-refractivity contribution in [2.75, 3.05) is 18.5 Å². The Morgan fingerprint density at radius 2 is 1.73 bits per heavy atom. The minimum Gasteiger partial charge on any atom is -0.421 e. The molecule has 196 valence electrons. The Kier molecular flexibility index (Phi) is 8.12. The van der Waals surface area contributed by atoms with Crippen molar-refractivity contribution in [2.24, 2.45) is 0 Å². The highest BCUT2D eigenvalue weighted by atomic mass is 35.5. The highest BCUT2D eigenvalue weighted by Crippen LogP contribution is 2.36. The van der Waals surface area contributed by atoms with Crippen LogP contribution >= 0.6 is 11.6 Å². The van der Waals surface area contributed by atoms with Crippen molar-refractivity contribution in [1.82, 2.24) is 20.2 Å². The first-order valence-electron chi connectivity index (χ1n) is 10.9. The third kappa shape index (κ3) is 5.77. The minimum atomic E-state index is -1.83. The van der Waals surface area contributed by atoms with Crippen molar-refractivity contribution in [2.45, 2.75) is 24.4 Å². The molecule has 2 aromatic carbocycles. The number of hydrogen-bond donors (Lipinski definition) is 7. The molecule has 0 spiro atoms. The summed E-state index contributed by atoms with van der Waals surface area (Å²) in [6, 6.07) is 9.12. The minimum absolute atomic E-state index is 0.0228. The molecule has 0 aliphatic rings. The molecule has 2 aromatic heterocycles. The molecule has 4 atom stereocenters. The predicted molar refractivity (Wildman–Crippen MR) is 128 cm³/mol. The normalized spacial score (nSPS) is 14.8. The number of rotatable bonds is 10. The van der Waals surface area contributed by atoms with Gasteiger partial charge in [-0.15, -0.1) is 0 Å². The molecule has 4 rings (SSSR count). The van der Waals surface area contributed by atoms with Gasteiger partial charge in [-0.05, 0) is 18.2 Å². The number of aromatic amines is 1. The number of benzene rings is 2. The van der Waals surface area contributed by atoms with Gasteiger partial charge >= 0.3 is 6.01 Å². The molecule has 0 fully saturated rings. The zero-order chi connectivity index (χ0) is 26.7. The number of aliphatic hydroxyl groups excluding tert-OH is 5. The van der Waals surface area contributed by atoms with Gasteiger partial charge in [0.1, 0.15) is 35.6 Å². The summed E-state index contributed by atoms with van der Waals surface area (Å²) in [4.78, 5) is 8.41. The smallest absolute Gasteiger partial charge is 0.326 e. The molecule has 7 N–H and O–H groups in total. The predicted octanol–water partition coefficient (Wildman–Crippen LogP) is 1.59. The van der Waals surface area contributed by atoms with Crippen molar-refractivity contribution < 1.29 is 39.1 Å². The number of nitrogens with one attached hydrogen (secondary N) is 2. The number of ether oxygens (including phenoxy) is 1. The maximum absolute atomic E-state index is 14.1. The Hall–Kier alpha value is -3.46.